The molecule has 110 valence electrons. The fourth-order valence-corrected chi connectivity index (χ4v) is 1.55. The van der Waals surface area contributed by atoms with Crippen LogP contribution in [0.2, 0.25) is 0 Å². The Morgan fingerprint density at radius 1 is 1.25 bits per heavy atom. The van der Waals surface area contributed by atoms with Crippen molar-refractivity contribution in [3.8, 4) is 0 Å². The number of amides is 2. The molecule has 0 saturated carbocycles. The quantitative estimate of drug-likeness (QED) is 0.723. The molecular weight excluding hydrogens is 268 g/mol. The van der Waals surface area contributed by atoms with Gasteiger partial charge in [0.1, 0.15) is 11.6 Å². The molecule has 0 spiro atoms. The lowest BCUT2D eigenvalue weighted by Gasteiger charge is -2.22. The molecule has 4 N–H and O–H groups in total. The molecule has 2 amide bonds. The van der Waals surface area contributed by atoms with E-state index < -0.39 is 23.0 Å². The van der Waals surface area contributed by atoms with Crippen molar-refractivity contribution in [2.24, 2.45) is 5.41 Å². The van der Waals surface area contributed by atoms with E-state index in [9.17, 15) is 18.4 Å². The topological polar surface area (TPSA) is 84.2 Å². The molecule has 20 heavy (non-hydrogen) atoms. The Balaban J connectivity index is 2.83. The summed E-state index contributed by atoms with van der Waals surface area (Å²) in [6, 6.07) is 1.47. The summed E-state index contributed by atoms with van der Waals surface area (Å²) in [4.78, 5) is 23.4. The second kappa shape index (κ2) is 5.85. The lowest BCUT2D eigenvalue weighted by molar-refractivity contribution is -0.128. The van der Waals surface area contributed by atoms with E-state index in [-0.39, 0.29) is 23.7 Å². The molecule has 5 nitrogen and oxygen atoms in total. The molecule has 0 aliphatic rings. The van der Waals surface area contributed by atoms with Gasteiger partial charge in [-0.25, -0.2) is 8.78 Å². The summed E-state index contributed by atoms with van der Waals surface area (Å²) in [7, 11) is 1.48. The predicted octanol–water partition coefficient (Wildman–Crippen LogP) is 1.05. The summed E-state index contributed by atoms with van der Waals surface area (Å²) in [5.74, 6) is -2.96. The number of halogens is 2. The molecule has 0 aliphatic carbocycles. The number of hydrogen-bond donors (Lipinski definition) is 3. The Morgan fingerprint density at radius 3 is 2.40 bits per heavy atom. The van der Waals surface area contributed by atoms with Gasteiger partial charge in [0.25, 0.3) is 5.91 Å². The molecule has 0 atom stereocenters. The number of carbonyl (C=O) groups is 2. The van der Waals surface area contributed by atoms with Gasteiger partial charge in [-0.15, -0.1) is 0 Å². The molecule has 1 rings (SSSR count). The first-order valence-electron chi connectivity index (χ1n) is 5.94. The summed E-state index contributed by atoms with van der Waals surface area (Å²) in [6.45, 7) is 3.26. The zero-order chi connectivity index (χ0) is 15.5. The molecule has 1 aromatic carbocycles. The third kappa shape index (κ3) is 3.43. The van der Waals surface area contributed by atoms with Gasteiger partial charge in [0.2, 0.25) is 5.91 Å². The Morgan fingerprint density at radius 2 is 1.85 bits per heavy atom. The average Bonchev–Trinajstić information content (AvgIpc) is 2.39. The Bertz CT molecular complexity index is 545. The number of anilines is 1. The SMILES string of the molecule is CNC(=O)C(C)(C)CNC(=O)c1cc(N)c(F)cc1F. The van der Waals surface area contributed by atoms with E-state index >= 15 is 0 Å². The zero-order valence-corrected chi connectivity index (χ0v) is 11.5. The molecular formula is C13H17F2N3O2. The normalized spacial score (nSPS) is 11.1. The average molecular weight is 285 g/mol. The Kier molecular flexibility index (Phi) is 4.65. The van der Waals surface area contributed by atoms with Crippen LogP contribution in [0.15, 0.2) is 12.1 Å². The highest BCUT2D eigenvalue weighted by Gasteiger charge is 2.27. The van der Waals surface area contributed by atoms with E-state index in [0.29, 0.717) is 6.07 Å². The van der Waals surface area contributed by atoms with Crippen molar-refractivity contribution in [2.45, 2.75) is 13.8 Å². The van der Waals surface area contributed by atoms with Gasteiger partial charge in [-0.1, -0.05) is 0 Å². The highest BCUT2D eigenvalue weighted by molar-refractivity contribution is 5.95. The van der Waals surface area contributed by atoms with Gasteiger partial charge < -0.3 is 16.4 Å². The second-order valence-electron chi connectivity index (χ2n) is 5.00. The minimum atomic E-state index is -1.01. The maximum absolute atomic E-state index is 13.5. The molecule has 7 heteroatoms. The van der Waals surface area contributed by atoms with Crippen LogP contribution in [-0.4, -0.2) is 25.4 Å². The summed E-state index contributed by atoms with van der Waals surface area (Å²) in [5.41, 5.74) is 3.76. The highest BCUT2D eigenvalue weighted by Crippen LogP contribution is 2.18. The third-order valence-electron chi connectivity index (χ3n) is 2.86. The molecule has 0 aromatic heterocycles. The van der Waals surface area contributed by atoms with Crippen molar-refractivity contribution in [3.63, 3.8) is 0 Å². The van der Waals surface area contributed by atoms with Crippen LogP contribution in [0.4, 0.5) is 14.5 Å². The van der Waals surface area contributed by atoms with E-state index in [0.717, 1.165) is 6.07 Å². The van der Waals surface area contributed by atoms with E-state index in [4.69, 9.17) is 5.73 Å². The van der Waals surface area contributed by atoms with Crippen LogP contribution in [0, 0.1) is 17.0 Å². The Labute approximate surface area is 115 Å². The number of carbonyl (C=O) groups excluding carboxylic acids is 2. The molecule has 0 bridgehead atoms. The number of nitrogen functional groups attached to an aromatic ring is 1. The zero-order valence-electron chi connectivity index (χ0n) is 11.5. The first-order valence-corrected chi connectivity index (χ1v) is 5.94. The van der Waals surface area contributed by atoms with Gasteiger partial charge >= 0.3 is 0 Å². The molecule has 0 aliphatic heterocycles. The maximum atomic E-state index is 13.5. The number of nitrogens with one attached hydrogen (secondary N) is 2. The summed E-state index contributed by atoms with van der Waals surface area (Å²) in [5, 5.41) is 4.89. The van der Waals surface area contributed by atoms with Crippen LogP contribution in [0.5, 0.6) is 0 Å². The van der Waals surface area contributed by atoms with Crippen molar-refractivity contribution in [3.05, 3.63) is 29.3 Å². The summed E-state index contributed by atoms with van der Waals surface area (Å²) >= 11 is 0. The van der Waals surface area contributed by atoms with Gasteiger partial charge in [0, 0.05) is 19.7 Å². The number of rotatable bonds is 4. The Hall–Kier alpha value is -2.18. The van der Waals surface area contributed by atoms with Crippen LogP contribution in [0.1, 0.15) is 24.2 Å². The minimum Gasteiger partial charge on any atom is -0.396 e. The van der Waals surface area contributed by atoms with Crippen LogP contribution in [-0.2, 0) is 4.79 Å². The van der Waals surface area contributed by atoms with Gasteiger partial charge in [0.05, 0.1) is 16.7 Å². The fraction of sp³-hybridized carbons (Fsp3) is 0.385. The molecule has 1 aromatic rings. The van der Waals surface area contributed by atoms with Crippen molar-refractivity contribution in [2.75, 3.05) is 19.3 Å². The molecule has 0 fully saturated rings. The first kappa shape index (κ1) is 15.9. The van der Waals surface area contributed by atoms with Gasteiger partial charge in [-0.2, -0.15) is 0 Å². The van der Waals surface area contributed by atoms with Crippen LogP contribution >= 0.6 is 0 Å². The van der Waals surface area contributed by atoms with Gasteiger partial charge in [-0.3, -0.25) is 9.59 Å². The molecule has 0 heterocycles. The van der Waals surface area contributed by atoms with E-state index in [1.165, 1.54) is 7.05 Å². The number of hydrogen-bond acceptors (Lipinski definition) is 3. The van der Waals surface area contributed by atoms with E-state index in [1.54, 1.807) is 13.8 Å². The summed E-state index contributed by atoms with van der Waals surface area (Å²) in [6.07, 6.45) is 0. The van der Waals surface area contributed by atoms with Crippen LogP contribution in [0.25, 0.3) is 0 Å². The van der Waals surface area contributed by atoms with Crippen molar-refractivity contribution in [1.29, 1.82) is 0 Å². The first-order chi connectivity index (χ1) is 9.19. The lowest BCUT2D eigenvalue weighted by Crippen LogP contribution is -2.43. The monoisotopic (exact) mass is 285 g/mol. The number of nitrogens with two attached hydrogens (primary N) is 1. The van der Waals surface area contributed by atoms with Crippen molar-refractivity contribution < 1.29 is 18.4 Å². The fourth-order valence-electron chi connectivity index (χ4n) is 1.55. The molecule has 0 saturated heterocycles. The lowest BCUT2D eigenvalue weighted by atomic mass is 9.92. The predicted molar refractivity (Wildman–Crippen MR) is 71.0 cm³/mol. The second-order valence-corrected chi connectivity index (χ2v) is 5.00. The molecule has 0 radical (unpaired) electrons. The highest BCUT2D eigenvalue weighted by atomic mass is 19.1. The van der Waals surface area contributed by atoms with Gasteiger partial charge in [0.15, 0.2) is 0 Å². The van der Waals surface area contributed by atoms with E-state index in [1.807, 2.05) is 0 Å². The maximum Gasteiger partial charge on any atom is 0.254 e. The minimum absolute atomic E-state index is 0.00221. The molecule has 0 unspecified atom stereocenters. The van der Waals surface area contributed by atoms with Crippen LogP contribution in [0.3, 0.4) is 0 Å². The smallest absolute Gasteiger partial charge is 0.254 e. The van der Waals surface area contributed by atoms with Gasteiger partial charge in [-0.05, 0) is 19.9 Å². The standard InChI is InChI=1S/C13H17F2N3O2/c1-13(2,12(20)17-3)6-18-11(19)7-4-10(16)9(15)5-8(7)14/h4-5H,6,16H2,1-3H3,(H,17,20)(H,18,19). The largest absolute Gasteiger partial charge is 0.396 e. The van der Waals surface area contributed by atoms with E-state index in [2.05, 4.69) is 10.6 Å². The summed E-state index contributed by atoms with van der Waals surface area (Å²) < 4.78 is 26.5. The van der Waals surface area contributed by atoms with Crippen molar-refractivity contribution >= 4 is 17.5 Å². The van der Waals surface area contributed by atoms with Crippen molar-refractivity contribution in [1.82, 2.24) is 10.6 Å². The van der Waals surface area contributed by atoms with Crippen LogP contribution < -0.4 is 16.4 Å². The number of benzene rings is 1. The third-order valence-corrected chi connectivity index (χ3v) is 2.86.